The fourth-order valence-corrected chi connectivity index (χ4v) is 5.52. The van der Waals surface area contributed by atoms with Crippen LogP contribution >= 0.6 is 0 Å². The van der Waals surface area contributed by atoms with Gasteiger partial charge in [-0.3, -0.25) is 9.20 Å². The van der Waals surface area contributed by atoms with Crippen molar-refractivity contribution in [2.24, 2.45) is 0 Å². The quantitative estimate of drug-likeness (QED) is 0.415. The normalized spacial score (nSPS) is 20.9. The zero-order chi connectivity index (χ0) is 24.1. The van der Waals surface area contributed by atoms with E-state index in [2.05, 4.69) is 15.3 Å². The molecule has 10 heteroatoms. The molecule has 1 aromatic carbocycles. The number of nitrogens with zero attached hydrogens (tertiary/aromatic N) is 5. The van der Waals surface area contributed by atoms with Gasteiger partial charge in [-0.25, -0.2) is 19.7 Å². The van der Waals surface area contributed by atoms with Gasteiger partial charge < -0.3 is 21.1 Å². The highest BCUT2D eigenvalue weighted by atomic mass is 16.4. The number of benzene rings is 1. The summed E-state index contributed by atoms with van der Waals surface area (Å²) in [4.78, 5) is 39.4. The summed E-state index contributed by atoms with van der Waals surface area (Å²) in [6, 6.07) is 12.4. The Morgan fingerprint density at radius 2 is 1.89 bits per heavy atom. The van der Waals surface area contributed by atoms with Gasteiger partial charge in [0.1, 0.15) is 28.7 Å². The van der Waals surface area contributed by atoms with Crippen LogP contribution in [-0.2, 0) is 0 Å². The summed E-state index contributed by atoms with van der Waals surface area (Å²) in [5.41, 5.74) is 8.89. The van der Waals surface area contributed by atoms with E-state index in [-0.39, 0.29) is 23.9 Å². The first kappa shape index (κ1) is 21.1. The van der Waals surface area contributed by atoms with Gasteiger partial charge in [0.15, 0.2) is 0 Å². The molecule has 3 aromatic heterocycles. The van der Waals surface area contributed by atoms with E-state index in [1.54, 1.807) is 47.6 Å². The molecule has 0 radical (unpaired) electrons. The number of nitrogens with two attached hydrogens (primary N) is 1. The number of hydrogen-bond donors (Lipinski definition) is 3. The van der Waals surface area contributed by atoms with Crippen LogP contribution < -0.4 is 11.1 Å². The molecule has 4 N–H and O–H groups in total. The number of fused-ring (bicyclic) bond motifs is 3. The SMILES string of the molecule is Nc1nccn2c(C3CC4CCC3N4C(=O)O)nc(-c3ccc(C(=O)Nc4ccccn4)cc3)c12. The smallest absolute Gasteiger partial charge is 0.407 e. The maximum Gasteiger partial charge on any atom is 0.407 e. The van der Waals surface area contributed by atoms with E-state index in [0.29, 0.717) is 28.4 Å². The molecule has 0 spiro atoms. The van der Waals surface area contributed by atoms with Gasteiger partial charge in [-0.1, -0.05) is 18.2 Å². The van der Waals surface area contributed by atoms with Gasteiger partial charge in [-0.05, 0) is 43.5 Å². The Morgan fingerprint density at radius 3 is 2.60 bits per heavy atom. The number of nitrogen functional groups attached to an aromatic ring is 1. The van der Waals surface area contributed by atoms with Crippen LogP contribution in [0.1, 0.15) is 41.4 Å². The van der Waals surface area contributed by atoms with E-state index in [4.69, 9.17) is 10.7 Å². The summed E-state index contributed by atoms with van der Waals surface area (Å²) in [6.45, 7) is 0. The van der Waals surface area contributed by atoms with Crippen molar-refractivity contribution in [1.29, 1.82) is 0 Å². The summed E-state index contributed by atoms with van der Waals surface area (Å²) in [7, 11) is 0. The second-order valence-electron chi connectivity index (χ2n) is 8.93. The number of pyridine rings is 1. The van der Waals surface area contributed by atoms with Crippen LogP contribution in [0.2, 0.25) is 0 Å². The molecule has 3 unspecified atom stereocenters. The predicted molar refractivity (Wildman–Crippen MR) is 129 cm³/mol. The highest BCUT2D eigenvalue weighted by molar-refractivity contribution is 6.04. The van der Waals surface area contributed by atoms with Crippen LogP contribution in [0.3, 0.4) is 0 Å². The van der Waals surface area contributed by atoms with Gasteiger partial charge in [0.25, 0.3) is 5.91 Å². The largest absolute Gasteiger partial charge is 0.465 e. The first-order chi connectivity index (χ1) is 17.0. The number of imidazole rings is 1. The number of nitrogens with one attached hydrogen (secondary N) is 1. The van der Waals surface area contributed by atoms with Crippen molar-refractivity contribution in [3.63, 3.8) is 0 Å². The second-order valence-corrected chi connectivity index (χ2v) is 8.93. The summed E-state index contributed by atoms with van der Waals surface area (Å²) in [5, 5.41) is 12.5. The van der Waals surface area contributed by atoms with E-state index >= 15 is 0 Å². The van der Waals surface area contributed by atoms with Crippen molar-refractivity contribution in [3.8, 4) is 11.3 Å². The van der Waals surface area contributed by atoms with E-state index in [9.17, 15) is 14.7 Å². The number of aromatic nitrogens is 4. The summed E-state index contributed by atoms with van der Waals surface area (Å²) < 4.78 is 1.94. The Bertz CT molecular complexity index is 1430. The first-order valence-corrected chi connectivity index (χ1v) is 11.5. The van der Waals surface area contributed by atoms with Crippen molar-refractivity contribution in [2.75, 3.05) is 11.1 Å². The molecule has 2 amide bonds. The average molecular weight is 470 g/mol. The van der Waals surface area contributed by atoms with Gasteiger partial charge in [0.05, 0.1) is 0 Å². The molecule has 3 atom stereocenters. The van der Waals surface area contributed by atoms with Crippen LogP contribution in [0.25, 0.3) is 16.8 Å². The van der Waals surface area contributed by atoms with Crippen molar-refractivity contribution in [1.82, 2.24) is 24.3 Å². The number of anilines is 2. The van der Waals surface area contributed by atoms with Crippen molar-refractivity contribution >= 4 is 29.2 Å². The topological polar surface area (TPSA) is 139 Å². The Balaban J connectivity index is 1.35. The molecule has 6 rings (SSSR count). The third-order valence-corrected chi connectivity index (χ3v) is 7.03. The van der Waals surface area contributed by atoms with Gasteiger partial charge in [-0.2, -0.15) is 0 Å². The number of hydrogen-bond acceptors (Lipinski definition) is 6. The van der Waals surface area contributed by atoms with Crippen molar-refractivity contribution in [3.05, 3.63) is 72.4 Å². The molecule has 4 aromatic rings. The Hall–Kier alpha value is -4.47. The molecule has 176 valence electrons. The number of amides is 2. The lowest BCUT2D eigenvalue weighted by Gasteiger charge is -2.21. The number of carbonyl (C=O) groups is 2. The number of carbonyl (C=O) groups excluding carboxylic acids is 1. The predicted octanol–water partition coefficient (Wildman–Crippen LogP) is 3.62. The molecule has 2 fully saturated rings. The standard InChI is InChI=1S/C25H23N7O3/c26-22-21-20(14-4-6-15(7-5-14)24(33)29-19-3-1-2-10-27-19)30-23(31(21)12-11-28-22)17-13-16-8-9-18(17)32(16)25(34)35/h1-7,10-12,16-18H,8-9,13H2,(H2,26,28)(H,34,35)(H,27,29,33). The van der Waals surface area contributed by atoms with Crippen molar-refractivity contribution in [2.45, 2.75) is 37.3 Å². The molecule has 2 aliphatic rings. The van der Waals surface area contributed by atoms with Crippen molar-refractivity contribution < 1.29 is 14.7 Å². The maximum atomic E-state index is 12.6. The molecular formula is C25H23N7O3. The molecule has 0 aliphatic carbocycles. The van der Waals surface area contributed by atoms with E-state index < -0.39 is 6.09 Å². The molecule has 0 saturated carbocycles. The first-order valence-electron chi connectivity index (χ1n) is 11.5. The van der Waals surface area contributed by atoms with Crippen LogP contribution in [-0.4, -0.2) is 53.4 Å². The highest BCUT2D eigenvalue weighted by Crippen LogP contribution is 2.47. The molecule has 2 saturated heterocycles. The minimum atomic E-state index is -0.873. The average Bonchev–Trinajstić information content (AvgIpc) is 3.56. The number of rotatable bonds is 4. The zero-order valence-electron chi connectivity index (χ0n) is 18.7. The summed E-state index contributed by atoms with van der Waals surface area (Å²) >= 11 is 0. The van der Waals surface area contributed by atoms with Gasteiger partial charge in [0, 0.05) is 47.7 Å². The highest BCUT2D eigenvalue weighted by Gasteiger charge is 2.50. The zero-order valence-corrected chi connectivity index (χ0v) is 18.7. The summed E-state index contributed by atoms with van der Waals surface area (Å²) in [5.74, 6) is 1.33. The lowest BCUT2D eigenvalue weighted by Crippen LogP contribution is -2.35. The fraction of sp³-hybridized carbons (Fsp3) is 0.240. The second kappa shape index (κ2) is 8.08. The van der Waals surface area contributed by atoms with Gasteiger partial charge in [0.2, 0.25) is 0 Å². The molecule has 2 aliphatic heterocycles. The lowest BCUT2D eigenvalue weighted by atomic mass is 9.88. The maximum absolute atomic E-state index is 12.6. The van der Waals surface area contributed by atoms with E-state index in [1.165, 1.54) is 0 Å². The van der Waals surface area contributed by atoms with Crippen LogP contribution in [0.15, 0.2) is 61.1 Å². The molecular weight excluding hydrogens is 446 g/mol. The van der Waals surface area contributed by atoms with Crippen LogP contribution in [0, 0.1) is 0 Å². The Labute approximate surface area is 200 Å². The fourth-order valence-electron chi connectivity index (χ4n) is 5.52. The molecule has 2 bridgehead atoms. The third-order valence-electron chi connectivity index (χ3n) is 7.03. The minimum absolute atomic E-state index is 0.0173. The van der Waals surface area contributed by atoms with Crippen LogP contribution in [0.5, 0.6) is 0 Å². The van der Waals surface area contributed by atoms with Gasteiger partial charge in [-0.15, -0.1) is 0 Å². The summed E-state index contributed by atoms with van der Waals surface area (Å²) in [6.07, 6.45) is 6.65. The van der Waals surface area contributed by atoms with Crippen LogP contribution in [0.4, 0.5) is 16.4 Å². The molecule has 35 heavy (non-hydrogen) atoms. The minimum Gasteiger partial charge on any atom is -0.465 e. The Kier molecular flexibility index (Phi) is 4.87. The van der Waals surface area contributed by atoms with E-state index in [0.717, 1.165) is 30.7 Å². The lowest BCUT2D eigenvalue weighted by molar-refractivity contribution is 0.102. The van der Waals surface area contributed by atoms with E-state index in [1.807, 2.05) is 22.7 Å². The molecule has 5 heterocycles. The monoisotopic (exact) mass is 469 g/mol. The Morgan fingerprint density at radius 1 is 1.06 bits per heavy atom. The van der Waals surface area contributed by atoms with Gasteiger partial charge >= 0.3 is 6.09 Å². The number of carboxylic acid groups (broad SMARTS) is 1. The molecule has 10 nitrogen and oxygen atoms in total. The third kappa shape index (κ3) is 3.45.